The molecule has 0 radical (unpaired) electrons. The second kappa shape index (κ2) is 21.0. The second-order valence-corrected chi connectivity index (χ2v) is 12.5. The van der Waals surface area contributed by atoms with E-state index in [0.29, 0.717) is 5.46 Å². The van der Waals surface area contributed by atoms with Crippen LogP contribution in [-0.2, 0) is 0 Å². The van der Waals surface area contributed by atoms with Gasteiger partial charge in [-0.2, -0.15) is 0 Å². The number of hydrogen-bond donors (Lipinski definition) is 4. The van der Waals surface area contributed by atoms with E-state index in [1.165, 1.54) is 21.9 Å². The van der Waals surface area contributed by atoms with Crippen molar-refractivity contribution in [2.75, 3.05) is 10.6 Å². The first kappa shape index (κ1) is 41.8. The van der Waals surface area contributed by atoms with Gasteiger partial charge in [-0.1, -0.05) is 172 Å². The Hall–Kier alpha value is -5.66. The highest BCUT2D eigenvalue weighted by Gasteiger charge is 2.13. The molecule has 0 aliphatic carbocycles. The molecule has 0 saturated carbocycles. The Bertz CT molecular complexity index is 2240. The number of halogens is 1. The average molecular weight is 764 g/mol. The van der Waals surface area contributed by atoms with Gasteiger partial charge >= 0.3 is 7.12 Å². The van der Waals surface area contributed by atoms with Gasteiger partial charge in [0.15, 0.2) is 0 Å². The number of para-hydroxylation sites is 2. The van der Waals surface area contributed by atoms with E-state index in [2.05, 4.69) is 105 Å². The van der Waals surface area contributed by atoms with Crippen molar-refractivity contribution in [1.82, 2.24) is 0 Å². The van der Waals surface area contributed by atoms with Gasteiger partial charge in [-0.3, -0.25) is 0 Å². The Morgan fingerprint density at radius 1 is 0.377 bits per heavy atom. The molecule has 0 spiro atoms. The van der Waals surface area contributed by atoms with Gasteiger partial charge in [0.05, 0.1) is 0 Å². The van der Waals surface area contributed by atoms with E-state index in [4.69, 9.17) is 10.0 Å². The van der Waals surface area contributed by atoms with Crippen LogP contribution in [0.2, 0.25) is 0 Å². The fraction of sp³-hybridized carbons (Fsp3) is 0.0638. The number of nitrogens with one attached hydrogen (secondary N) is 2. The lowest BCUT2D eigenvalue weighted by Crippen LogP contribution is -2.30. The SMILES string of the molecule is Brc1ccc(Nc2ccccc2)cc1.C.C.C.OB(O)c1cccc2ccccc12.c1ccc(Nc2ccc(-c3cccc4ccccc34)cc2)cc1. The molecule has 0 unspecified atom stereocenters. The van der Waals surface area contributed by atoms with E-state index in [1.54, 1.807) is 6.07 Å². The molecule has 4 N–H and O–H groups in total. The smallest absolute Gasteiger partial charge is 0.423 e. The highest BCUT2D eigenvalue weighted by atomic mass is 79.9. The molecule has 0 aromatic heterocycles. The summed E-state index contributed by atoms with van der Waals surface area (Å²) in [5.74, 6) is 0. The van der Waals surface area contributed by atoms with E-state index in [0.717, 1.165) is 38.0 Å². The summed E-state index contributed by atoms with van der Waals surface area (Å²) in [5, 5.41) is 29.4. The maximum Gasteiger partial charge on any atom is 0.489 e. The van der Waals surface area contributed by atoms with Crippen LogP contribution in [0, 0.1) is 0 Å². The first-order chi connectivity index (χ1) is 24.5. The maximum absolute atomic E-state index is 9.08. The number of rotatable bonds is 6. The van der Waals surface area contributed by atoms with Crippen molar-refractivity contribution in [2.45, 2.75) is 22.3 Å². The summed E-state index contributed by atoms with van der Waals surface area (Å²) in [6.45, 7) is 0. The highest BCUT2D eigenvalue weighted by molar-refractivity contribution is 9.10. The van der Waals surface area contributed by atoms with Gasteiger partial charge in [0.2, 0.25) is 0 Å². The van der Waals surface area contributed by atoms with Crippen LogP contribution in [0.4, 0.5) is 22.7 Å². The second-order valence-electron chi connectivity index (χ2n) is 11.5. The lowest BCUT2D eigenvalue weighted by molar-refractivity contribution is 0.426. The van der Waals surface area contributed by atoms with Gasteiger partial charge in [-0.25, -0.2) is 0 Å². The molecule has 8 aromatic rings. The van der Waals surface area contributed by atoms with Crippen molar-refractivity contribution in [2.24, 2.45) is 0 Å². The minimum atomic E-state index is -1.40. The van der Waals surface area contributed by atoms with Crippen molar-refractivity contribution >= 4 is 72.8 Å². The minimum absolute atomic E-state index is 0. The molecule has 8 aromatic carbocycles. The van der Waals surface area contributed by atoms with Crippen LogP contribution in [0.5, 0.6) is 0 Å². The number of fused-ring (bicyclic) bond motifs is 2. The van der Waals surface area contributed by atoms with Crippen molar-refractivity contribution in [3.05, 3.63) is 199 Å². The molecule has 0 atom stereocenters. The normalized spacial score (nSPS) is 9.72. The molecule has 0 aliphatic heterocycles. The van der Waals surface area contributed by atoms with Gasteiger partial charge in [0.25, 0.3) is 0 Å². The monoisotopic (exact) mass is 762 g/mol. The molecule has 0 bridgehead atoms. The molecule has 0 amide bonds. The molecule has 0 fully saturated rings. The molecular formula is C47H48BBrN2O2. The number of anilines is 4. The van der Waals surface area contributed by atoms with Crippen LogP contribution in [0.15, 0.2) is 199 Å². The summed E-state index contributed by atoms with van der Waals surface area (Å²) in [6, 6.07) is 65.2. The van der Waals surface area contributed by atoms with E-state index in [-0.39, 0.29) is 22.3 Å². The van der Waals surface area contributed by atoms with Crippen molar-refractivity contribution in [1.29, 1.82) is 0 Å². The van der Waals surface area contributed by atoms with Gasteiger partial charge in [0, 0.05) is 27.2 Å². The Labute approximate surface area is 324 Å². The Kier molecular flexibility index (Phi) is 16.6. The first-order valence-corrected chi connectivity index (χ1v) is 17.1. The molecule has 4 nitrogen and oxygen atoms in total. The first-order valence-electron chi connectivity index (χ1n) is 16.4. The lowest BCUT2D eigenvalue weighted by atomic mass is 9.77. The van der Waals surface area contributed by atoms with E-state index in [9.17, 15) is 0 Å². The largest absolute Gasteiger partial charge is 0.489 e. The number of hydrogen-bond acceptors (Lipinski definition) is 4. The molecule has 0 heterocycles. The number of benzene rings is 8. The van der Waals surface area contributed by atoms with Crippen molar-refractivity contribution in [3.8, 4) is 11.1 Å². The lowest BCUT2D eigenvalue weighted by Gasteiger charge is -2.09. The zero-order valence-electron chi connectivity index (χ0n) is 27.3. The van der Waals surface area contributed by atoms with E-state index < -0.39 is 7.12 Å². The van der Waals surface area contributed by atoms with Gasteiger partial charge in [0.1, 0.15) is 0 Å². The van der Waals surface area contributed by atoms with Crippen LogP contribution >= 0.6 is 15.9 Å². The van der Waals surface area contributed by atoms with Crippen LogP contribution < -0.4 is 16.1 Å². The predicted molar refractivity (Wildman–Crippen MR) is 237 cm³/mol. The molecule has 6 heteroatoms. The highest BCUT2D eigenvalue weighted by Crippen LogP contribution is 2.30. The fourth-order valence-corrected chi connectivity index (χ4v) is 5.86. The predicted octanol–water partition coefficient (Wildman–Crippen LogP) is 12.9. The standard InChI is InChI=1S/C22H17N.C12H10BrN.C10H9BO2.3CH4/c1-2-9-19(10-3-1)23-20-15-13-18(14-16-20)22-12-6-8-17-7-4-5-11-21(17)22;13-10-6-8-12(9-7-10)14-11-4-2-1-3-5-11;12-11(13)10-7-3-5-8-4-1-2-6-9(8)10;;;/h1-16,23H;1-9,14H;1-7,12-13H;3*1H4. The zero-order chi connectivity index (χ0) is 34.5. The fourth-order valence-electron chi connectivity index (χ4n) is 5.60. The van der Waals surface area contributed by atoms with Crippen molar-refractivity contribution < 1.29 is 10.0 Å². The third-order valence-electron chi connectivity index (χ3n) is 8.06. The molecule has 53 heavy (non-hydrogen) atoms. The minimum Gasteiger partial charge on any atom is -0.423 e. The zero-order valence-corrected chi connectivity index (χ0v) is 28.9. The van der Waals surface area contributed by atoms with Gasteiger partial charge < -0.3 is 20.7 Å². The third kappa shape index (κ3) is 11.7. The Balaban J connectivity index is 0.000000220. The molecular weight excluding hydrogens is 715 g/mol. The summed E-state index contributed by atoms with van der Waals surface area (Å²) in [6.07, 6.45) is 0. The molecule has 8 rings (SSSR count). The summed E-state index contributed by atoms with van der Waals surface area (Å²) in [7, 11) is -1.40. The summed E-state index contributed by atoms with van der Waals surface area (Å²) in [4.78, 5) is 0. The maximum atomic E-state index is 9.08. The van der Waals surface area contributed by atoms with E-state index >= 15 is 0 Å². The van der Waals surface area contributed by atoms with Crippen molar-refractivity contribution in [3.63, 3.8) is 0 Å². The Morgan fingerprint density at radius 2 is 0.774 bits per heavy atom. The third-order valence-corrected chi connectivity index (χ3v) is 8.58. The average Bonchev–Trinajstić information content (AvgIpc) is 3.17. The molecule has 0 saturated heterocycles. The molecule has 0 aliphatic rings. The van der Waals surface area contributed by atoms with Gasteiger partial charge in [-0.15, -0.1) is 0 Å². The van der Waals surface area contributed by atoms with Crippen LogP contribution in [0.1, 0.15) is 22.3 Å². The Morgan fingerprint density at radius 3 is 1.30 bits per heavy atom. The van der Waals surface area contributed by atoms with Gasteiger partial charge in [-0.05, 0) is 98.8 Å². The summed E-state index contributed by atoms with van der Waals surface area (Å²) in [5.41, 5.74) is 7.47. The summed E-state index contributed by atoms with van der Waals surface area (Å²) < 4.78 is 1.09. The van der Waals surface area contributed by atoms with E-state index in [1.807, 2.05) is 109 Å². The topological polar surface area (TPSA) is 64.5 Å². The molecule has 268 valence electrons. The quantitative estimate of drug-likeness (QED) is 0.127. The summed E-state index contributed by atoms with van der Waals surface area (Å²) >= 11 is 3.40. The van der Waals surface area contributed by atoms with Crippen LogP contribution in [0.25, 0.3) is 32.7 Å². The van der Waals surface area contributed by atoms with Crippen LogP contribution in [0.3, 0.4) is 0 Å². The van der Waals surface area contributed by atoms with Crippen LogP contribution in [-0.4, -0.2) is 17.2 Å².